The molecule has 3 rings (SSSR count). The third-order valence-electron chi connectivity index (χ3n) is 4.22. The van der Waals surface area contributed by atoms with Gasteiger partial charge in [-0.1, -0.05) is 26.0 Å². The van der Waals surface area contributed by atoms with Crippen molar-refractivity contribution in [2.45, 2.75) is 26.7 Å². The molecule has 0 saturated carbocycles. The lowest BCUT2D eigenvalue weighted by Crippen LogP contribution is -2.48. The molecule has 1 aliphatic rings. The van der Waals surface area contributed by atoms with Crippen molar-refractivity contribution in [1.82, 2.24) is 14.3 Å². The number of hydrogen-bond acceptors (Lipinski definition) is 5. The van der Waals surface area contributed by atoms with Gasteiger partial charge >= 0.3 is 0 Å². The van der Waals surface area contributed by atoms with Gasteiger partial charge in [0.15, 0.2) is 0 Å². The van der Waals surface area contributed by atoms with Crippen LogP contribution in [0.1, 0.15) is 35.6 Å². The maximum atomic E-state index is 12.6. The minimum Gasteiger partial charge on any atom is -0.343 e. The third kappa shape index (κ3) is 3.52. The molecule has 0 bridgehead atoms. The lowest BCUT2D eigenvalue weighted by atomic mass is 10.1. The van der Waals surface area contributed by atoms with Gasteiger partial charge in [-0.05, 0) is 24.1 Å². The van der Waals surface area contributed by atoms with Crippen LogP contribution in [0.4, 0.5) is 5.13 Å². The van der Waals surface area contributed by atoms with Crippen LogP contribution in [0.15, 0.2) is 24.3 Å². The molecule has 0 radical (unpaired) electrons. The highest BCUT2D eigenvalue weighted by Gasteiger charge is 2.23. The van der Waals surface area contributed by atoms with E-state index < -0.39 is 0 Å². The number of hydrogen-bond donors (Lipinski definition) is 0. The van der Waals surface area contributed by atoms with Crippen molar-refractivity contribution in [2.75, 3.05) is 31.1 Å². The van der Waals surface area contributed by atoms with Gasteiger partial charge in [0, 0.05) is 49.7 Å². The number of aromatic nitrogens is 2. The number of nitrogens with zero attached hydrogens (tertiary/aromatic N) is 4. The first-order valence-electron chi connectivity index (χ1n) is 8.17. The van der Waals surface area contributed by atoms with Crippen molar-refractivity contribution < 1.29 is 4.79 Å². The summed E-state index contributed by atoms with van der Waals surface area (Å²) in [5.74, 6) is 1.03. The van der Waals surface area contributed by atoms with Crippen molar-refractivity contribution in [3.63, 3.8) is 0 Å². The van der Waals surface area contributed by atoms with Crippen LogP contribution >= 0.6 is 11.5 Å². The minimum absolute atomic E-state index is 0.124. The summed E-state index contributed by atoms with van der Waals surface area (Å²) >= 11 is 1.45. The maximum absolute atomic E-state index is 12.6. The normalized spacial score (nSPS) is 15.0. The summed E-state index contributed by atoms with van der Waals surface area (Å²) in [4.78, 5) is 21.3. The highest BCUT2D eigenvalue weighted by atomic mass is 32.1. The molecule has 0 spiro atoms. The van der Waals surface area contributed by atoms with Crippen LogP contribution in [-0.2, 0) is 12.8 Å². The van der Waals surface area contributed by atoms with E-state index in [1.165, 1.54) is 17.1 Å². The van der Waals surface area contributed by atoms with E-state index in [-0.39, 0.29) is 5.91 Å². The molecule has 23 heavy (non-hydrogen) atoms. The number of piperazine rings is 1. The Morgan fingerprint density at radius 1 is 1.09 bits per heavy atom. The summed E-state index contributed by atoms with van der Waals surface area (Å²) in [5, 5.41) is 0.973. The molecule has 0 N–H and O–H groups in total. The Hall–Kier alpha value is -1.95. The summed E-state index contributed by atoms with van der Waals surface area (Å²) < 4.78 is 4.34. The molecule has 1 aliphatic heterocycles. The second kappa shape index (κ2) is 7.08. The van der Waals surface area contributed by atoms with E-state index in [4.69, 9.17) is 0 Å². The zero-order valence-electron chi connectivity index (χ0n) is 13.7. The molecule has 2 aromatic rings. The molecular weight excluding hydrogens is 308 g/mol. The molecule has 0 aliphatic carbocycles. The Balaban J connectivity index is 1.60. The number of rotatable bonds is 4. The standard InChI is InChI=1S/C17H22N4OS/c1-3-13-5-7-14(8-6-13)16(22)20-9-11-21(12-10-20)17-18-15(4-2)19-23-17/h5-8H,3-4,9-12H2,1-2H3. The van der Waals surface area contributed by atoms with Crippen LogP contribution in [0.3, 0.4) is 0 Å². The Morgan fingerprint density at radius 2 is 1.78 bits per heavy atom. The van der Waals surface area contributed by atoms with E-state index in [0.29, 0.717) is 0 Å². The van der Waals surface area contributed by atoms with Gasteiger partial charge in [-0.2, -0.15) is 4.37 Å². The van der Waals surface area contributed by atoms with Crippen LogP contribution in [0.5, 0.6) is 0 Å². The van der Waals surface area contributed by atoms with Gasteiger partial charge in [-0.3, -0.25) is 4.79 Å². The quantitative estimate of drug-likeness (QED) is 0.865. The second-order valence-electron chi connectivity index (χ2n) is 5.68. The zero-order valence-corrected chi connectivity index (χ0v) is 14.5. The average molecular weight is 330 g/mol. The van der Waals surface area contributed by atoms with Crippen molar-refractivity contribution >= 4 is 22.6 Å². The number of aryl methyl sites for hydroxylation is 2. The Labute approximate surface area is 141 Å². The van der Waals surface area contributed by atoms with Crippen molar-refractivity contribution in [2.24, 2.45) is 0 Å². The summed E-state index contributed by atoms with van der Waals surface area (Å²) in [6.45, 7) is 7.28. The number of amides is 1. The van der Waals surface area contributed by atoms with Crippen LogP contribution in [0, 0.1) is 0 Å². The molecular formula is C17H22N4OS. The first-order chi connectivity index (χ1) is 11.2. The summed E-state index contributed by atoms with van der Waals surface area (Å²) in [6, 6.07) is 7.95. The van der Waals surface area contributed by atoms with Gasteiger partial charge in [0.05, 0.1) is 0 Å². The van der Waals surface area contributed by atoms with Crippen LogP contribution in [0.25, 0.3) is 0 Å². The average Bonchev–Trinajstić information content (AvgIpc) is 3.10. The van der Waals surface area contributed by atoms with Gasteiger partial charge in [0.25, 0.3) is 5.91 Å². The van der Waals surface area contributed by atoms with Gasteiger partial charge in [0.2, 0.25) is 5.13 Å². The van der Waals surface area contributed by atoms with E-state index in [2.05, 4.69) is 28.1 Å². The topological polar surface area (TPSA) is 49.3 Å². The predicted molar refractivity (Wildman–Crippen MR) is 93.2 cm³/mol. The molecule has 0 atom stereocenters. The van der Waals surface area contributed by atoms with E-state index in [1.807, 2.05) is 29.2 Å². The first kappa shape index (κ1) is 15.9. The molecule has 5 nitrogen and oxygen atoms in total. The molecule has 6 heteroatoms. The fourth-order valence-corrected chi connectivity index (χ4v) is 3.48. The second-order valence-corrected chi connectivity index (χ2v) is 6.41. The molecule has 0 unspecified atom stereocenters. The summed E-state index contributed by atoms with van der Waals surface area (Å²) in [5.41, 5.74) is 2.04. The fraction of sp³-hybridized carbons (Fsp3) is 0.471. The van der Waals surface area contributed by atoms with Crippen molar-refractivity contribution in [3.8, 4) is 0 Å². The number of carbonyl (C=O) groups excluding carboxylic acids is 1. The summed E-state index contributed by atoms with van der Waals surface area (Å²) in [6.07, 6.45) is 1.86. The smallest absolute Gasteiger partial charge is 0.253 e. The zero-order chi connectivity index (χ0) is 16.2. The summed E-state index contributed by atoms with van der Waals surface area (Å²) in [7, 11) is 0. The first-order valence-corrected chi connectivity index (χ1v) is 8.94. The van der Waals surface area contributed by atoms with Crippen molar-refractivity contribution in [1.29, 1.82) is 0 Å². The molecule has 122 valence electrons. The van der Waals surface area contributed by atoms with Crippen LogP contribution < -0.4 is 4.90 Å². The maximum Gasteiger partial charge on any atom is 0.253 e. The monoisotopic (exact) mass is 330 g/mol. The van der Waals surface area contributed by atoms with Gasteiger partial charge in [-0.25, -0.2) is 4.98 Å². The Kier molecular flexibility index (Phi) is 4.91. The highest BCUT2D eigenvalue weighted by Crippen LogP contribution is 2.20. The van der Waals surface area contributed by atoms with E-state index in [0.717, 1.165) is 55.5 Å². The lowest BCUT2D eigenvalue weighted by Gasteiger charge is -2.34. The number of benzene rings is 1. The predicted octanol–water partition coefficient (Wildman–Crippen LogP) is 2.63. The minimum atomic E-state index is 0.124. The fourth-order valence-electron chi connectivity index (χ4n) is 2.68. The third-order valence-corrected chi connectivity index (χ3v) is 5.03. The van der Waals surface area contributed by atoms with Crippen LogP contribution in [-0.4, -0.2) is 46.3 Å². The highest BCUT2D eigenvalue weighted by molar-refractivity contribution is 7.09. The molecule has 1 fully saturated rings. The van der Waals surface area contributed by atoms with Gasteiger partial charge in [-0.15, -0.1) is 0 Å². The molecule has 1 aromatic carbocycles. The van der Waals surface area contributed by atoms with E-state index in [1.54, 1.807) is 0 Å². The molecule has 1 aromatic heterocycles. The van der Waals surface area contributed by atoms with E-state index in [9.17, 15) is 4.79 Å². The number of anilines is 1. The largest absolute Gasteiger partial charge is 0.343 e. The Morgan fingerprint density at radius 3 is 2.35 bits per heavy atom. The van der Waals surface area contributed by atoms with Crippen LogP contribution in [0.2, 0.25) is 0 Å². The van der Waals surface area contributed by atoms with E-state index >= 15 is 0 Å². The van der Waals surface area contributed by atoms with Gasteiger partial charge < -0.3 is 9.80 Å². The van der Waals surface area contributed by atoms with Gasteiger partial charge in [0.1, 0.15) is 5.82 Å². The number of carbonyl (C=O) groups is 1. The lowest BCUT2D eigenvalue weighted by molar-refractivity contribution is 0.0747. The Bertz CT molecular complexity index is 659. The molecule has 1 amide bonds. The van der Waals surface area contributed by atoms with Crippen molar-refractivity contribution in [3.05, 3.63) is 41.2 Å². The SMILES string of the molecule is CCc1ccc(C(=O)N2CCN(c3nc(CC)ns3)CC2)cc1. The molecule has 2 heterocycles. The molecule has 1 saturated heterocycles.